The van der Waals surface area contributed by atoms with Gasteiger partial charge >= 0.3 is 0 Å². The van der Waals surface area contributed by atoms with Crippen LogP contribution >= 0.6 is 0 Å². The van der Waals surface area contributed by atoms with E-state index in [0.29, 0.717) is 18.4 Å². The van der Waals surface area contributed by atoms with Crippen molar-refractivity contribution in [3.8, 4) is 0 Å². The van der Waals surface area contributed by atoms with Gasteiger partial charge in [-0.25, -0.2) is 0 Å². The van der Waals surface area contributed by atoms with Gasteiger partial charge in [-0.15, -0.1) is 0 Å². The predicted molar refractivity (Wildman–Crippen MR) is 73.1 cm³/mol. The van der Waals surface area contributed by atoms with Crippen LogP contribution in [0.25, 0.3) is 0 Å². The van der Waals surface area contributed by atoms with Crippen molar-refractivity contribution in [1.82, 2.24) is 4.90 Å². The van der Waals surface area contributed by atoms with E-state index in [2.05, 4.69) is 24.3 Å². The summed E-state index contributed by atoms with van der Waals surface area (Å²) < 4.78 is 0. The second-order valence-corrected chi connectivity index (χ2v) is 5.41. The van der Waals surface area contributed by atoms with Gasteiger partial charge in [-0.1, -0.05) is 44.2 Å². The highest BCUT2D eigenvalue weighted by molar-refractivity contribution is 5.78. The van der Waals surface area contributed by atoms with Crippen LogP contribution in [0.4, 0.5) is 0 Å². The Morgan fingerprint density at radius 1 is 1.33 bits per heavy atom. The number of hydrogen-bond donors (Lipinski definition) is 1. The van der Waals surface area contributed by atoms with Gasteiger partial charge in [-0.2, -0.15) is 0 Å². The lowest BCUT2D eigenvalue weighted by Gasteiger charge is -2.18. The maximum absolute atomic E-state index is 12.1. The molecular formula is C15H22N2O. The number of carbonyl (C=O) groups is 1. The van der Waals surface area contributed by atoms with Gasteiger partial charge in [0.25, 0.3) is 0 Å². The molecular weight excluding hydrogens is 224 g/mol. The highest BCUT2D eigenvalue weighted by atomic mass is 16.2. The van der Waals surface area contributed by atoms with Crippen LogP contribution in [0.15, 0.2) is 30.3 Å². The summed E-state index contributed by atoms with van der Waals surface area (Å²) in [7, 11) is 0. The van der Waals surface area contributed by atoms with E-state index in [1.165, 1.54) is 5.56 Å². The van der Waals surface area contributed by atoms with Crippen molar-refractivity contribution in [1.29, 1.82) is 0 Å². The molecule has 1 fully saturated rings. The zero-order chi connectivity index (χ0) is 13.1. The van der Waals surface area contributed by atoms with Crippen molar-refractivity contribution in [3.63, 3.8) is 0 Å². The molecule has 18 heavy (non-hydrogen) atoms. The lowest BCUT2D eigenvalue weighted by molar-refractivity contribution is -0.133. The Morgan fingerprint density at radius 2 is 2.00 bits per heavy atom. The Balaban J connectivity index is 2.15. The van der Waals surface area contributed by atoms with Crippen LogP contribution in [0.2, 0.25) is 0 Å². The van der Waals surface area contributed by atoms with Crippen LogP contribution in [0.1, 0.15) is 25.3 Å². The van der Waals surface area contributed by atoms with E-state index in [1.54, 1.807) is 0 Å². The summed E-state index contributed by atoms with van der Waals surface area (Å²) in [4.78, 5) is 14.0. The molecule has 1 aliphatic heterocycles. The first kappa shape index (κ1) is 13.1. The lowest BCUT2D eigenvalue weighted by atomic mass is 9.89. The number of carbonyl (C=O) groups excluding carboxylic acids is 1. The Morgan fingerprint density at radius 3 is 2.56 bits per heavy atom. The second-order valence-electron chi connectivity index (χ2n) is 5.41. The molecule has 0 unspecified atom stereocenters. The first-order valence-corrected chi connectivity index (χ1v) is 6.67. The Kier molecular flexibility index (Phi) is 4.02. The first-order chi connectivity index (χ1) is 8.63. The average Bonchev–Trinajstić information content (AvgIpc) is 2.82. The molecule has 0 bridgehead atoms. The molecule has 2 rings (SSSR count). The fourth-order valence-corrected chi connectivity index (χ4v) is 2.73. The third-order valence-electron chi connectivity index (χ3n) is 3.78. The highest BCUT2D eigenvalue weighted by Crippen LogP contribution is 2.32. The van der Waals surface area contributed by atoms with E-state index >= 15 is 0 Å². The van der Waals surface area contributed by atoms with Crippen molar-refractivity contribution in [2.24, 2.45) is 17.6 Å². The zero-order valence-corrected chi connectivity index (χ0v) is 11.2. The minimum Gasteiger partial charge on any atom is -0.342 e. The highest BCUT2D eigenvalue weighted by Gasteiger charge is 2.35. The number of amides is 1. The third-order valence-corrected chi connectivity index (χ3v) is 3.78. The molecule has 1 saturated heterocycles. The molecule has 3 heteroatoms. The molecule has 98 valence electrons. The third kappa shape index (κ3) is 2.56. The molecule has 2 N–H and O–H groups in total. The number of benzene rings is 1. The molecule has 0 aromatic heterocycles. The SMILES string of the molecule is CC(C)C(=O)N1C[C@@H](CN)[C@H](c2ccccc2)C1. The van der Waals surface area contributed by atoms with Gasteiger partial charge in [0.15, 0.2) is 0 Å². The van der Waals surface area contributed by atoms with Crippen molar-refractivity contribution in [3.05, 3.63) is 35.9 Å². The van der Waals surface area contributed by atoms with E-state index in [4.69, 9.17) is 5.73 Å². The number of rotatable bonds is 3. The minimum absolute atomic E-state index is 0.0675. The van der Waals surface area contributed by atoms with E-state index in [1.807, 2.05) is 24.8 Å². The molecule has 1 aromatic carbocycles. The molecule has 1 amide bonds. The Labute approximate surface area is 109 Å². The summed E-state index contributed by atoms with van der Waals surface area (Å²) in [6, 6.07) is 10.4. The van der Waals surface area contributed by atoms with E-state index in [-0.39, 0.29) is 11.8 Å². The van der Waals surface area contributed by atoms with Crippen molar-refractivity contribution in [2.45, 2.75) is 19.8 Å². The minimum atomic E-state index is 0.0675. The fourth-order valence-electron chi connectivity index (χ4n) is 2.73. The quantitative estimate of drug-likeness (QED) is 0.884. The monoisotopic (exact) mass is 246 g/mol. The molecule has 0 aliphatic carbocycles. The summed E-state index contributed by atoms with van der Waals surface area (Å²) in [5.74, 6) is 1.08. The summed E-state index contributed by atoms with van der Waals surface area (Å²) in [6.45, 7) is 6.16. The van der Waals surface area contributed by atoms with Crippen molar-refractivity contribution < 1.29 is 4.79 Å². The molecule has 1 aromatic rings. The average molecular weight is 246 g/mol. The maximum Gasteiger partial charge on any atom is 0.225 e. The molecule has 2 atom stereocenters. The van der Waals surface area contributed by atoms with E-state index in [9.17, 15) is 4.79 Å². The van der Waals surface area contributed by atoms with Crippen molar-refractivity contribution >= 4 is 5.91 Å². The number of nitrogens with two attached hydrogens (primary N) is 1. The molecule has 1 aliphatic rings. The molecule has 0 radical (unpaired) electrons. The largest absolute Gasteiger partial charge is 0.342 e. The topological polar surface area (TPSA) is 46.3 Å². The van der Waals surface area contributed by atoms with Gasteiger partial charge in [-0.05, 0) is 18.0 Å². The molecule has 0 spiro atoms. The summed E-state index contributed by atoms with van der Waals surface area (Å²) >= 11 is 0. The van der Waals surface area contributed by atoms with Gasteiger partial charge in [0.05, 0.1) is 0 Å². The van der Waals surface area contributed by atoms with Crippen LogP contribution in [-0.4, -0.2) is 30.4 Å². The maximum atomic E-state index is 12.1. The summed E-state index contributed by atoms with van der Waals surface area (Å²) in [6.07, 6.45) is 0. The van der Waals surface area contributed by atoms with E-state index in [0.717, 1.165) is 13.1 Å². The lowest BCUT2D eigenvalue weighted by Crippen LogP contribution is -2.33. The standard InChI is InChI=1S/C15H22N2O/c1-11(2)15(18)17-9-13(8-16)14(10-17)12-6-4-3-5-7-12/h3-7,11,13-14H,8-10,16H2,1-2H3/t13-,14+/m1/s1. The Hall–Kier alpha value is -1.35. The predicted octanol–water partition coefficient (Wildman–Crippen LogP) is 1.84. The first-order valence-electron chi connectivity index (χ1n) is 6.67. The van der Waals surface area contributed by atoms with E-state index < -0.39 is 0 Å². The zero-order valence-electron chi connectivity index (χ0n) is 11.2. The summed E-state index contributed by atoms with van der Waals surface area (Å²) in [5, 5.41) is 0. The van der Waals surface area contributed by atoms with Crippen molar-refractivity contribution in [2.75, 3.05) is 19.6 Å². The molecule has 3 nitrogen and oxygen atoms in total. The Bertz CT molecular complexity index is 402. The van der Waals surface area contributed by atoms with Gasteiger partial charge in [-0.3, -0.25) is 4.79 Å². The van der Waals surface area contributed by atoms with Gasteiger partial charge in [0.2, 0.25) is 5.91 Å². The van der Waals surface area contributed by atoms with Crippen LogP contribution < -0.4 is 5.73 Å². The number of hydrogen-bond acceptors (Lipinski definition) is 2. The van der Waals surface area contributed by atoms with Gasteiger partial charge in [0, 0.05) is 24.9 Å². The molecule has 1 heterocycles. The van der Waals surface area contributed by atoms with Crippen LogP contribution in [0.5, 0.6) is 0 Å². The van der Waals surface area contributed by atoms with Gasteiger partial charge < -0.3 is 10.6 Å². The second kappa shape index (κ2) is 5.53. The van der Waals surface area contributed by atoms with Crippen LogP contribution in [-0.2, 0) is 4.79 Å². The number of nitrogens with zero attached hydrogens (tertiary/aromatic N) is 1. The van der Waals surface area contributed by atoms with Crippen LogP contribution in [0, 0.1) is 11.8 Å². The normalized spacial score (nSPS) is 23.7. The number of likely N-dealkylation sites (tertiary alicyclic amines) is 1. The smallest absolute Gasteiger partial charge is 0.225 e. The van der Waals surface area contributed by atoms with Crippen LogP contribution in [0.3, 0.4) is 0 Å². The summed E-state index contributed by atoms with van der Waals surface area (Å²) in [5.41, 5.74) is 7.16. The molecule has 0 saturated carbocycles. The van der Waals surface area contributed by atoms with Gasteiger partial charge in [0.1, 0.15) is 0 Å². The fraction of sp³-hybridized carbons (Fsp3) is 0.533.